The average Bonchev–Trinajstić information content (AvgIpc) is 3.04. The molecule has 0 fully saturated rings. The fourth-order valence-electron chi connectivity index (χ4n) is 7.50. The molecule has 0 saturated heterocycles. The van der Waals surface area contributed by atoms with Crippen LogP contribution in [-0.4, -0.2) is 13.2 Å². The molecule has 3 heteroatoms. The van der Waals surface area contributed by atoms with Gasteiger partial charge in [-0.15, -0.1) is 11.6 Å². The van der Waals surface area contributed by atoms with Crippen molar-refractivity contribution in [1.29, 1.82) is 0 Å². The van der Waals surface area contributed by atoms with Crippen LogP contribution in [0.4, 0.5) is 0 Å². The maximum Gasteiger partial charge on any atom is 0.123 e. The molecule has 1 rings (SSSR count). The second-order valence-electron chi connectivity index (χ2n) is 18.2. The molecule has 0 bridgehead atoms. The Labute approximate surface area is 319 Å². The van der Waals surface area contributed by atoms with Crippen molar-refractivity contribution in [1.82, 2.24) is 0 Å². The number of hydrogen-bond donors (Lipinski definition) is 0. The van der Waals surface area contributed by atoms with Crippen molar-refractivity contribution in [3.8, 4) is 11.5 Å². The quantitative estimate of drug-likeness (QED) is 0.0674. The molecule has 0 spiro atoms. The molecular weight excluding hydrogens is 632 g/mol. The summed E-state index contributed by atoms with van der Waals surface area (Å²) >= 11 is 6.25. The Morgan fingerprint density at radius 3 is 0.900 bits per heavy atom. The van der Waals surface area contributed by atoms with Crippen LogP contribution in [0.15, 0.2) is 18.2 Å². The summed E-state index contributed by atoms with van der Waals surface area (Å²) in [6.07, 6.45) is 27.0. The summed E-state index contributed by atoms with van der Waals surface area (Å²) in [5.41, 5.74) is 1.07. The van der Waals surface area contributed by atoms with Crippen LogP contribution >= 0.6 is 11.6 Å². The van der Waals surface area contributed by atoms with Gasteiger partial charge < -0.3 is 9.47 Å². The molecule has 0 amide bonds. The summed E-state index contributed by atoms with van der Waals surface area (Å²) in [7, 11) is 0. The Morgan fingerprint density at radius 1 is 0.380 bits per heavy atom. The van der Waals surface area contributed by atoms with E-state index < -0.39 is 0 Å². The number of ether oxygens (including phenoxy) is 2. The third-order valence-electron chi connectivity index (χ3n) is 11.4. The second-order valence-corrected chi connectivity index (χ2v) is 18.5. The number of alkyl halides is 1. The molecule has 0 aliphatic carbocycles. The van der Waals surface area contributed by atoms with Crippen LogP contribution in [0.5, 0.6) is 11.5 Å². The van der Waals surface area contributed by atoms with Gasteiger partial charge in [-0.1, -0.05) is 185 Å². The van der Waals surface area contributed by atoms with Crippen LogP contribution in [0.1, 0.15) is 203 Å². The van der Waals surface area contributed by atoms with Crippen LogP contribution < -0.4 is 9.47 Å². The van der Waals surface area contributed by atoms with E-state index in [9.17, 15) is 0 Å². The summed E-state index contributed by atoms with van der Waals surface area (Å²) in [5, 5.41) is 0. The molecule has 0 aromatic heterocycles. The van der Waals surface area contributed by atoms with Gasteiger partial charge in [0.25, 0.3) is 0 Å². The first-order chi connectivity index (χ1) is 23.9. The lowest BCUT2D eigenvalue weighted by Gasteiger charge is -2.17. The van der Waals surface area contributed by atoms with Crippen LogP contribution in [0.2, 0.25) is 0 Å². The lowest BCUT2D eigenvalue weighted by Crippen LogP contribution is -2.07. The normalized spacial score (nSPS) is 15.6. The first-order valence-electron chi connectivity index (χ1n) is 21.8. The van der Waals surface area contributed by atoms with E-state index in [1.54, 1.807) is 0 Å². The van der Waals surface area contributed by atoms with Crippen molar-refractivity contribution in [2.24, 2.45) is 47.3 Å². The van der Waals surface area contributed by atoms with Gasteiger partial charge in [-0.05, 0) is 77.9 Å². The second kappa shape index (κ2) is 29.6. The molecule has 294 valence electrons. The van der Waals surface area contributed by atoms with E-state index >= 15 is 0 Å². The Bertz CT molecular complexity index is 844. The molecule has 0 aliphatic rings. The van der Waals surface area contributed by atoms with E-state index in [1.165, 1.54) is 116 Å². The Kier molecular flexibility index (Phi) is 27.9. The first-order valence-corrected chi connectivity index (χ1v) is 22.4. The van der Waals surface area contributed by atoms with Gasteiger partial charge in [-0.2, -0.15) is 0 Å². The highest BCUT2D eigenvalue weighted by Gasteiger charge is 2.11. The fraction of sp³-hybridized carbons (Fsp3) is 0.872. The van der Waals surface area contributed by atoms with Gasteiger partial charge >= 0.3 is 0 Å². The minimum Gasteiger partial charge on any atom is -0.493 e. The number of rotatable bonds is 33. The Balaban J connectivity index is 2.22. The van der Waals surface area contributed by atoms with Gasteiger partial charge in [0.15, 0.2) is 0 Å². The zero-order valence-electron chi connectivity index (χ0n) is 35.3. The predicted molar refractivity (Wildman–Crippen MR) is 224 cm³/mol. The average molecular weight is 720 g/mol. The van der Waals surface area contributed by atoms with Crippen LogP contribution in [0.3, 0.4) is 0 Å². The Morgan fingerprint density at radius 2 is 0.640 bits per heavy atom. The smallest absolute Gasteiger partial charge is 0.123 e. The number of halogens is 1. The minimum atomic E-state index is 0.477. The first kappa shape index (κ1) is 47.1. The molecule has 0 aliphatic heterocycles. The topological polar surface area (TPSA) is 18.5 Å². The van der Waals surface area contributed by atoms with Crippen LogP contribution in [0, 0.1) is 47.3 Å². The highest BCUT2D eigenvalue weighted by Crippen LogP contribution is 2.27. The fourth-order valence-corrected chi connectivity index (χ4v) is 7.66. The van der Waals surface area contributed by atoms with Crippen LogP contribution in [-0.2, 0) is 5.88 Å². The van der Waals surface area contributed by atoms with E-state index in [0.29, 0.717) is 17.7 Å². The van der Waals surface area contributed by atoms with Crippen molar-refractivity contribution in [2.75, 3.05) is 13.2 Å². The van der Waals surface area contributed by atoms with E-state index in [4.69, 9.17) is 21.1 Å². The molecule has 50 heavy (non-hydrogen) atoms. The SMILES string of the molecule is CC(C)CCCC(C)CCCC(C)CCCC(C)CCOc1cc(CCl)cc(OCCC(C)CCCC(C)CCCC(C)CCCC(C)C)c1. The maximum atomic E-state index is 6.25. The highest BCUT2D eigenvalue weighted by molar-refractivity contribution is 6.17. The standard InChI is InChI=1S/C47H87ClO2/c1-37(2)17-11-19-39(5)21-13-23-41(7)25-15-27-43(9)29-31-49-46-33-45(36-48)34-47(35-46)50-32-30-44(10)28-16-26-42(8)24-14-22-40(6)20-12-18-38(3)4/h33-35,37-44H,11-32,36H2,1-10H3. The van der Waals surface area contributed by atoms with Gasteiger partial charge in [0.05, 0.1) is 13.2 Å². The number of hydrogen-bond acceptors (Lipinski definition) is 2. The molecule has 0 heterocycles. The van der Waals surface area contributed by atoms with Crippen molar-refractivity contribution in [2.45, 2.75) is 204 Å². The van der Waals surface area contributed by atoms with E-state index in [2.05, 4.69) is 87.4 Å². The zero-order chi connectivity index (χ0) is 37.1. The van der Waals surface area contributed by atoms with Crippen molar-refractivity contribution in [3.05, 3.63) is 23.8 Å². The largest absolute Gasteiger partial charge is 0.493 e. The molecule has 0 N–H and O–H groups in total. The van der Waals surface area contributed by atoms with E-state index in [-0.39, 0.29) is 0 Å². The van der Waals surface area contributed by atoms with Gasteiger partial charge in [0.1, 0.15) is 11.5 Å². The molecule has 6 unspecified atom stereocenters. The monoisotopic (exact) mass is 719 g/mol. The van der Waals surface area contributed by atoms with E-state index in [1.807, 2.05) is 0 Å². The molecular formula is C47H87ClO2. The molecule has 2 nitrogen and oxygen atoms in total. The predicted octanol–water partition coefficient (Wildman–Crippen LogP) is 16.1. The van der Waals surface area contributed by atoms with Gasteiger partial charge in [-0.25, -0.2) is 0 Å². The maximum absolute atomic E-state index is 6.25. The van der Waals surface area contributed by atoms with Crippen LogP contribution in [0.25, 0.3) is 0 Å². The molecule has 1 aromatic carbocycles. The summed E-state index contributed by atoms with van der Waals surface area (Å²) in [4.78, 5) is 0. The summed E-state index contributed by atoms with van der Waals surface area (Å²) in [5.74, 6) is 8.82. The van der Waals surface area contributed by atoms with Crippen molar-refractivity contribution >= 4 is 11.6 Å². The van der Waals surface area contributed by atoms with Gasteiger partial charge in [0, 0.05) is 11.9 Å². The third-order valence-corrected chi connectivity index (χ3v) is 11.7. The number of benzene rings is 1. The van der Waals surface area contributed by atoms with Crippen molar-refractivity contribution < 1.29 is 9.47 Å². The van der Waals surface area contributed by atoms with Gasteiger partial charge in [0.2, 0.25) is 0 Å². The lowest BCUT2D eigenvalue weighted by molar-refractivity contribution is 0.263. The highest BCUT2D eigenvalue weighted by atomic mass is 35.5. The molecule has 0 radical (unpaired) electrons. The molecule has 6 atom stereocenters. The van der Waals surface area contributed by atoms with E-state index in [0.717, 1.165) is 78.6 Å². The minimum absolute atomic E-state index is 0.477. The van der Waals surface area contributed by atoms with Gasteiger partial charge in [-0.3, -0.25) is 0 Å². The summed E-state index contributed by atoms with van der Waals surface area (Å²) in [6, 6.07) is 6.22. The zero-order valence-corrected chi connectivity index (χ0v) is 36.1. The van der Waals surface area contributed by atoms with Crippen molar-refractivity contribution in [3.63, 3.8) is 0 Å². The lowest BCUT2D eigenvalue weighted by atomic mass is 9.91. The molecule has 1 aromatic rings. The Hall–Kier alpha value is -0.890. The summed E-state index contributed by atoms with van der Waals surface area (Å²) in [6.45, 7) is 25.5. The molecule has 0 saturated carbocycles. The third kappa shape index (κ3) is 26.8. The summed E-state index contributed by atoms with van der Waals surface area (Å²) < 4.78 is 12.5.